The van der Waals surface area contributed by atoms with Crippen LogP contribution in [0.2, 0.25) is 0 Å². The third-order valence-electron chi connectivity index (χ3n) is 5.81. The van der Waals surface area contributed by atoms with Gasteiger partial charge in [-0.2, -0.15) is 0 Å². The van der Waals surface area contributed by atoms with Crippen LogP contribution in [0.4, 0.5) is 0 Å². The van der Waals surface area contributed by atoms with E-state index < -0.39 is 12.0 Å². The summed E-state index contributed by atoms with van der Waals surface area (Å²) >= 11 is 0. The number of nitrogens with zero attached hydrogens (tertiary/aromatic N) is 2. The molecule has 4 rings (SSSR count). The lowest BCUT2D eigenvalue weighted by atomic mass is 9.94. The molecule has 1 amide bonds. The molecular weight excluding hydrogens is 344 g/mol. The van der Waals surface area contributed by atoms with Gasteiger partial charge in [0.1, 0.15) is 11.8 Å². The summed E-state index contributed by atoms with van der Waals surface area (Å²) in [7, 11) is 1.61. The normalized spacial score (nSPS) is 23.9. The van der Waals surface area contributed by atoms with Gasteiger partial charge in [0.25, 0.3) is 5.91 Å². The Morgan fingerprint density at radius 2 is 1.93 bits per heavy atom. The van der Waals surface area contributed by atoms with Crippen LogP contribution in [-0.2, 0) is 4.79 Å². The van der Waals surface area contributed by atoms with Crippen molar-refractivity contribution in [2.75, 3.05) is 13.7 Å². The van der Waals surface area contributed by atoms with Crippen molar-refractivity contribution in [1.29, 1.82) is 0 Å². The number of carboxylic acid groups (broad SMARTS) is 1. The van der Waals surface area contributed by atoms with E-state index in [1.54, 1.807) is 19.4 Å². The predicted octanol–water partition coefficient (Wildman–Crippen LogP) is 3.08. The number of likely N-dealkylation sites (tertiary alicyclic amines) is 1. The van der Waals surface area contributed by atoms with E-state index in [0.717, 1.165) is 36.1 Å². The summed E-state index contributed by atoms with van der Waals surface area (Å²) in [5.74, 6) is -0.0273. The zero-order valence-corrected chi connectivity index (χ0v) is 15.2. The van der Waals surface area contributed by atoms with Gasteiger partial charge in [0.05, 0.1) is 12.7 Å². The highest BCUT2D eigenvalue weighted by Crippen LogP contribution is 2.42. The van der Waals surface area contributed by atoms with Crippen LogP contribution >= 0.6 is 0 Å². The zero-order valence-electron chi connectivity index (χ0n) is 15.2. The lowest BCUT2D eigenvalue weighted by Crippen LogP contribution is -2.43. The van der Waals surface area contributed by atoms with E-state index in [9.17, 15) is 14.7 Å². The third kappa shape index (κ3) is 3.16. The molecule has 140 valence electrons. The fourth-order valence-electron chi connectivity index (χ4n) is 4.49. The van der Waals surface area contributed by atoms with Crippen LogP contribution in [0.25, 0.3) is 11.1 Å². The number of pyridine rings is 1. The van der Waals surface area contributed by atoms with Crippen LogP contribution in [-0.4, -0.2) is 46.6 Å². The molecule has 0 bridgehead atoms. The van der Waals surface area contributed by atoms with Crippen LogP contribution in [0.5, 0.6) is 5.75 Å². The Bertz CT molecular complexity index is 865. The fraction of sp³-hybridized carbons (Fsp3) is 0.381. The second-order valence-electron chi connectivity index (χ2n) is 7.29. The monoisotopic (exact) mass is 366 g/mol. The molecule has 2 fully saturated rings. The summed E-state index contributed by atoms with van der Waals surface area (Å²) in [6.07, 6.45) is 6.15. The first kappa shape index (κ1) is 17.5. The maximum Gasteiger partial charge on any atom is 0.326 e. The Kier molecular flexibility index (Phi) is 4.56. The van der Waals surface area contributed by atoms with Crippen molar-refractivity contribution >= 4 is 11.9 Å². The molecule has 2 heterocycles. The number of hydrogen-bond donors (Lipinski definition) is 1. The van der Waals surface area contributed by atoms with Crippen molar-refractivity contribution in [2.45, 2.75) is 25.3 Å². The van der Waals surface area contributed by atoms with Gasteiger partial charge < -0.3 is 14.7 Å². The second kappa shape index (κ2) is 7.02. The molecule has 1 aliphatic heterocycles. The predicted molar refractivity (Wildman–Crippen MR) is 99.5 cm³/mol. The lowest BCUT2D eigenvalue weighted by molar-refractivity contribution is -0.142. The molecule has 6 nitrogen and oxygen atoms in total. The minimum absolute atomic E-state index is 0.0733. The van der Waals surface area contributed by atoms with Crippen LogP contribution in [0.1, 0.15) is 29.6 Å². The maximum absolute atomic E-state index is 13.1. The molecule has 0 unspecified atom stereocenters. The van der Waals surface area contributed by atoms with Crippen LogP contribution in [0.3, 0.4) is 0 Å². The molecular formula is C21H22N2O4. The first-order valence-electron chi connectivity index (χ1n) is 9.21. The quantitative estimate of drug-likeness (QED) is 0.899. The molecule has 1 aliphatic carbocycles. The molecule has 2 aliphatic rings. The van der Waals surface area contributed by atoms with E-state index in [-0.39, 0.29) is 11.8 Å². The van der Waals surface area contributed by atoms with Crippen LogP contribution in [0.15, 0.2) is 42.7 Å². The fourth-order valence-corrected chi connectivity index (χ4v) is 4.49. The van der Waals surface area contributed by atoms with E-state index in [1.807, 2.05) is 24.3 Å². The van der Waals surface area contributed by atoms with Gasteiger partial charge in [-0.25, -0.2) is 4.79 Å². The number of hydrogen-bond acceptors (Lipinski definition) is 4. The average molecular weight is 366 g/mol. The number of amides is 1. The molecule has 27 heavy (non-hydrogen) atoms. The van der Waals surface area contributed by atoms with Gasteiger partial charge in [-0.1, -0.05) is 18.6 Å². The zero-order chi connectivity index (χ0) is 19.0. The molecule has 1 aromatic heterocycles. The number of carbonyl (C=O) groups excluding carboxylic acids is 1. The molecule has 2 aromatic rings. The Morgan fingerprint density at radius 3 is 2.63 bits per heavy atom. The number of benzene rings is 1. The number of aromatic nitrogens is 1. The summed E-state index contributed by atoms with van der Waals surface area (Å²) in [6.45, 7) is 0.521. The molecule has 1 aromatic carbocycles. The summed E-state index contributed by atoms with van der Waals surface area (Å²) in [5.41, 5.74) is 2.16. The molecule has 1 saturated carbocycles. The van der Waals surface area contributed by atoms with E-state index >= 15 is 0 Å². The molecule has 3 atom stereocenters. The van der Waals surface area contributed by atoms with E-state index in [1.165, 1.54) is 11.1 Å². The summed E-state index contributed by atoms with van der Waals surface area (Å²) in [5, 5.41) is 9.69. The van der Waals surface area contributed by atoms with Crippen molar-refractivity contribution in [1.82, 2.24) is 9.88 Å². The van der Waals surface area contributed by atoms with Crippen molar-refractivity contribution < 1.29 is 19.4 Å². The highest BCUT2D eigenvalue weighted by molar-refractivity contribution is 5.97. The average Bonchev–Trinajstić information content (AvgIpc) is 3.28. The molecule has 6 heteroatoms. The number of ether oxygens (including phenoxy) is 1. The van der Waals surface area contributed by atoms with Gasteiger partial charge in [0, 0.05) is 24.5 Å². The minimum atomic E-state index is -0.906. The summed E-state index contributed by atoms with van der Waals surface area (Å²) < 4.78 is 5.17. The van der Waals surface area contributed by atoms with Crippen molar-refractivity contribution in [3.05, 3.63) is 48.3 Å². The van der Waals surface area contributed by atoms with E-state index in [2.05, 4.69) is 4.98 Å². The van der Waals surface area contributed by atoms with Gasteiger partial charge in [-0.05, 0) is 48.4 Å². The van der Waals surface area contributed by atoms with Crippen LogP contribution < -0.4 is 4.74 Å². The third-order valence-corrected chi connectivity index (χ3v) is 5.81. The summed E-state index contributed by atoms with van der Waals surface area (Å²) in [6, 6.07) is 8.58. The number of carbonyl (C=O) groups is 2. The SMILES string of the molecule is COc1ccc(-c2cncc(C(=O)N3C[C@@H]4CCC[C@@H]4[C@@H]3C(=O)O)c2)cc1. The maximum atomic E-state index is 13.1. The van der Waals surface area contributed by atoms with Gasteiger partial charge in [-0.3, -0.25) is 9.78 Å². The van der Waals surface area contributed by atoms with Crippen molar-refractivity contribution in [3.63, 3.8) is 0 Å². The number of rotatable bonds is 4. The van der Waals surface area contributed by atoms with Crippen molar-refractivity contribution in [3.8, 4) is 16.9 Å². The largest absolute Gasteiger partial charge is 0.497 e. The van der Waals surface area contributed by atoms with Crippen LogP contribution in [0, 0.1) is 11.8 Å². The Hall–Kier alpha value is -2.89. The van der Waals surface area contributed by atoms with E-state index in [0.29, 0.717) is 18.0 Å². The van der Waals surface area contributed by atoms with Gasteiger partial charge in [0.15, 0.2) is 0 Å². The second-order valence-corrected chi connectivity index (χ2v) is 7.29. The smallest absolute Gasteiger partial charge is 0.326 e. The van der Waals surface area contributed by atoms with E-state index in [4.69, 9.17) is 4.74 Å². The van der Waals surface area contributed by atoms with Gasteiger partial charge in [-0.15, -0.1) is 0 Å². The Labute approximate surface area is 157 Å². The topological polar surface area (TPSA) is 79.7 Å². The number of aliphatic carboxylic acids is 1. The standard InChI is InChI=1S/C21H22N2O4/c1-27-17-7-5-13(6-8-17)15-9-16(11-22-10-15)20(24)23-12-14-3-2-4-18(14)19(23)21(25)26/h5-11,14,18-19H,2-4,12H2,1H3,(H,25,26)/t14-,18-,19+/m0/s1. The number of fused-ring (bicyclic) bond motifs is 1. The Balaban J connectivity index is 1.61. The molecule has 1 N–H and O–H groups in total. The number of methoxy groups -OCH3 is 1. The number of carboxylic acids is 1. The van der Waals surface area contributed by atoms with Gasteiger partial charge >= 0.3 is 5.97 Å². The highest BCUT2D eigenvalue weighted by atomic mass is 16.5. The van der Waals surface area contributed by atoms with Gasteiger partial charge in [0.2, 0.25) is 0 Å². The first-order valence-corrected chi connectivity index (χ1v) is 9.21. The molecule has 0 radical (unpaired) electrons. The lowest BCUT2D eigenvalue weighted by Gasteiger charge is -2.24. The minimum Gasteiger partial charge on any atom is -0.497 e. The summed E-state index contributed by atoms with van der Waals surface area (Å²) in [4.78, 5) is 30.6. The molecule has 0 spiro atoms. The Morgan fingerprint density at radius 1 is 1.15 bits per heavy atom. The highest BCUT2D eigenvalue weighted by Gasteiger charge is 2.49. The molecule has 1 saturated heterocycles. The first-order chi connectivity index (χ1) is 13.1. The van der Waals surface area contributed by atoms with Crippen molar-refractivity contribution in [2.24, 2.45) is 11.8 Å².